The van der Waals surface area contributed by atoms with Gasteiger partial charge in [0, 0.05) is 0 Å². The van der Waals surface area contributed by atoms with Crippen LogP contribution in [0, 0.1) is 6.42 Å². The quantitative estimate of drug-likeness (QED) is 0.842. The van der Waals surface area contributed by atoms with Crippen molar-refractivity contribution in [3.63, 3.8) is 0 Å². The summed E-state index contributed by atoms with van der Waals surface area (Å²) in [5, 5.41) is 8.43. The molecule has 0 saturated heterocycles. The first-order valence-electron chi connectivity index (χ1n) is 4.29. The Morgan fingerprint density at radius 1 is 1.27 bits per heavy atom. The lowest BCUT2D eigenvalue weighted by molar-refractivity contribution is 0.0999. The molecule has 2 aromatic rings. The van der Waals surface area contributed by atoms with E-state index in [1.54, 1.807) is 0 Å². The van der Waals surface area contributed by atoms with E-state index in [1.807, 2.05) is 36.8 Å². The lowest BCUT2D eigenvalue weighted by Crippen LogP contribution is -2.10. The van der Waals surface area contributed by atoms with Crippen molar-refractivity contribution < 1.29 is 4.79 Å². The van der Waals surface area contributed by atoms with Gasteiger partial charge in [-0.25, -0.2) is 0 Å². The number of carbonyl (C=O) groups excluding carboxylic acids is 1. The Kier molecular flexibility index (Phi) is 2.73. The topological polar surface area (TPSA) is 68.9 Å². The van der Waals surface area contributed by atoms with Gasteiger partial charge in [0.05, 0.1) is 6.42 Å². The third-order valence-electron chi connectivity index (χ3n) is 1.74. The van der Waals surface area contributed by atoms with E-state index < -0.39 is 5.91 Å². The zero-order valence-electron chi connectivity index (χ0n) is 7.75. The highest BCUT2D eigenvalue weighted by Gasteiger charge is 2.09. The molecule has 0 aliphatic rings. The molecule has 2 rings (SSSR count). The van der Waals surface area contributed by atoms with E-state index in [0.29, 0.717) is 5.01 Å². The number of hydrogen-bond acceptors (Lipinski definition) is 4. The summed E-state index contributed by atoms with van der Waals surface area (Å²) in [7, 11) is 0. The predicted octanol–water partition coefficient (Wildman–Crippen LogP) is 1.24. The number of primary amides is 1. The van der Waals surface area contributed by atoms with Gasteiger partial charge in [0.15, 0.2) is 0 Å². The third-order valence-corrected chi connectivity index (χ3v) is 2.63. The van der Waals surface area contributed by atoms with E-state index in [1.165, 1.54) is 11.3 Å². The zero-order valence-corrected chi connectivity index (χ0v) is 8.57. The van der Waals surface area contributed by atoms with Crippen LogP contribution >= 0.6 is 11.3 Å². The first-order chi connectivity index (χ1) is 7.25. The van der Waals surface area contributed by atoms with Gasteiger partial charge in [-0.05, 0) is 5.56 Å². The Morgan fingerprint density at radius 2 is 2.00 bits per heavy atom. The molecule has 2 N–H and O–H groups in total. The molecule has 0 atom stereocenters. The summed E-state index contributed by atoms with van der Waals surface area (Å²) >= 11 is 1.18. The van der Waals surface area contributed by atoms with E-state index in [2.05, 4.69) is 10.2 Å². The Morgan fingerprint density at radius 3 is 2.60 bits per heavy atom. The van der Waals surface area contributed by atoms with Crippen molar-refractivity contribution in [3.8, 4) is 0 Å². The molecular weight excluding hydrogens is 210 g/mol. The lowest BCUT2D eigenvalue weighted by atomic mass is 10.2. The molecule has 15 heavy (non-hydrogen) atoms. The summed E-state index contributed by atoms with van der Waals surface area (Å²) in [5.74, 6) is -0.541. The molecule has 1 amide bonds. The predicted molar refractivity (Wildman–Crippen MR) is 57.4 cm³/mol. The molecule has 1 aromatic heterocycles. The maximum absolute atomic E-state index is 10.8. The maximum Gasteiger partial charge on any atom is 0.279 e. The van der Waals surface area contributed by atoms with Crippen LogP contribution in [0.4, 0.5) is 0 Å². The van der Waals surface area contributed by atoms with Crippen LogP contribution < -0.4 is 5.73 Å². The number of nitrogens with two attached hydrogens (primary N) is 1. The molecule has 0 aliphatic heterocycles. The van der Waals surface area contributed by atoms with E-state index in [9.17, 15) is 4.79 Å². The monoisotopic (exact) mass is 218 g/mol. The molecule has 5 heteroatoms. The van der Waals surface area contributed by atoms with Crippen LogP contribution in [-0.4, -0.2) is 16.1 Å². The van der Waals surface area contributed by atoms with Crippen LogP contribution in [0.3, 0.4) is 0 Å². The average molecular weight is 218 g/mol. The number of rotatable bonds is 3. The van der Waals surface area contributed by atoms with E-state index >= 15 is 0 Å². The van der Waals surface area contributed by atoms with Gasteiger partial charge in [-0.2, -0.15) is 0 Å². The highest BCUT2D eigenvalue weighted by molar-refractivity contribution is 7.13. The van der Waals surface area contributed by atoms with Crippen LogP contribution in [0.5, 0.6) is 0 Å². The molecule has 4 nitrogen and oxygen atoms in total. The van der Waals surface area contributed by atoms with Gasteiger partial charge in [-0.3, -0.25) is 4.79 Å². The van der Waals surface area contributed by atoms with E-state index in [4.69, 9.17) is 5.73 Å². The first-order valence-corrected chi connectivity index (χ1v) is 5.10. The van der Waals surface area contributed by atoms with Crippen LogP contribution in [0.15, 0.2) is 30.3 Å². The fourth-order valence-electron chi connectivity index (χ4n) is 1.08. The second kappa shape index (κ2) is 4.18. The summed E-state index contributed by atoms with van der Waals surface area (Å²) in [6.07, 6.45) is 1.85. The molecule has 0 saturated carbocycles. The van der Waals surface area contributed by atoms with Crippen molar-refractivity contribution in [1.29, 1.82) is 0 Å². The molecule has 0 spiro atoms. The highest BCUT2D eigenvalue weighted by atomic mass is 32.1. The normalized spacial score (nSPS) is 10.1. The largest absolute Gasteiger partial charge is 0.363 e. The maximum atomic E-state index is 10.8. The molecule has 1 heterocycles. The molecule has 75 valence electrons. The van der Waals surface area contributed by atoms with Crippen LogP contribution in [0.25, 0.3) is 0 Å². The summed E-state index contributed by atoms with van der Waals surface area (Å²) < 4.78 is 0. The number of carbonyl (C=O) groups is 1. The minimum atomic E-state index is -0.541. The number of benzene rings is 1. The summed E-state index contributed by atoms with van der Waals surface area (Å²) in [5.41, 5.74) is 6.09. The minimum absolute atomic E-state index is 0.234. The number of nitrogens with zero attached hydrogens (tertiary/aromatic N) is 2. The molecule has 0 bridgehead atoms. The Hall–Kier alpha value is -1.75. The second-order valence-electron chi connectivity index (χ2n) is 2.86. The van der Waals surface area contributed by atoms with Gasteiger partial charge in [0.2, 0.25) is 5.01 Å². The Bertz CT molecular complexity index is 467. The van der Waals surface area contributed by atoms with Gasteiger partial charge in [0.25, 0.3) is 5.91 Å². The van der Waals surface area contributed by atoms with Gasteiger partial charge in [-0.1, -0.05) is 41.7 Å². The fourth-order valence-corrected chi connectivity index (χ4v) is 1.74. The zero-order chi connectivity index (χ0) is 10.7. The summed E-state index contributed by atoms with van der Waals surface area (Å²) in [4.78, 5) is 10.8. The molecule has 0 fully saturated rings. The molecule has 1 aromatic carbocycles. The van der Waals surface area contributed by atoms with Crippen molar-refractivity contribution in [1.82, 2.24) is 10.2 Å². The van der Waals surface area contributed by atoms with Gasteiger partial charge < -0.3 is 5.73 Å². The van der Waals surface area contributed by atoms with Gasteiger partial charge in [-0.15, -0.1) is 10.2 Å². The van der Waals surface area contributed by atoms with E-state index in [0.717, 1.165) is 5.56 Å². The Labute approximate surface area is 90.8 Å². The van der Waals surface area contributed by atoms with Crippen LogP contribution in [0.2, 0.25) is 0 Å². The summed E-state index contributed by atoms with van der Waals surface area (Å²) in [6, 6.07) is 9.70. The van der Waals surface area contributed by atoms with Crippen molar-refractivity contribution >= 4 is 17.2 Å². The minimum Gasteiger partial charge on any atom is -0.363 e. The lowest BCUT2D eigenvalue weighted by Gasteiger charge is -1.93. The van der Waals surface area contributed by atoms with Crippen molar-refractivity contribution in [2.75, 3.05) is 0 Å². The average Bonchev–Trinajstić information content (AvgIpc) is 2.68. The van der Waals surface area contributed by atoms with Gasteiger partial charge in [0.1, 0.15) is 5.01 Å². The van der Waals surface area contributed by atoms with Crippen molar-refractivity contribution in [2.24, 2.45) is 5.73 Å². The van der Waals surface area contributed by atoms with Crippen LogP contribution in [0.1, 0.15) is 20.4 Å². The smallest absolute Gasteiger partial charge is 0.279 e. The summed E-state index contributed by atoms with van der Waals surface area (Å²) in [6.45, 7) is 0. The van der Waals surface area contributed by atoms with Crippen molar-refractivity contribution in [3.05, 3.63) is 52.3 Å². The first kappa shape index (κ1) is 9.79. The van der Waals surface area contributed by atoms with Crippen molar-refractivity contribution in [2.45, 2.75) is 0 Å². The van der Waals surface area contributed by atoms with Gasteiger partial charge >= 0.3 is 0 Å². The fraction of sp³-hybridized carbons (Fsp3) is 0. The molecule has 0 aliphatic carbocycles. The SMILES string of the molecule is NC(=O)c1nnc([CH]c2ccccc2)s1. The standard InChI is InChI=1S/C10H8N3OS/c11-9(14)10-13-12-8(15-10)6-7-4-2-1-3-5-7/h1-6H,(H2,11,14). The molecule has 0 unspecified atom stereocenters. The Balaban J connectivity index is 2.15. The molecular formula is C10H8N3OS. The number of aromatic nitrogens is 2. The third kappa shape index (κ3) is 2.38. The highest BCUT2D eigenvalue weighted by Crippen LogP contribution is 2.15. The number of amides is 1. The second-order valence-corrected chi connectivity index (χ2v) is 3.87. The molecule has 1 radical (unpaired) electrons. The van der Waals surface area contributed by atoms with E-state index in [-0.39, 0.29) is 5.01 Å². The number of hydrogen-bond donors (Lipinski definition) is 1. The van der Waals surface area contributed by atoms with Crippen LogP contribution in [-0.2, 0) is 0 Å².